The van der Waals surface area contributed by atoms with Crippen molar-refractivity contribution in [2.45, 2.75) is 13.0 Å². The first kappa shape index (κ1) is 16.7. The van der Waals surface area contributed by atoms with E-state index in [0.29, 0.717) is 31.9 Å². The summed E-state index contributed by atoms with van der Waals surface area (Å²) in [6, 6.07) is 9.69. The fraction of sp³-hybridized carbons (Fsp3) is 0.471. The van der Waals surface area contributed by atoms with Crippen LogP contribution in [0.1, 0.15) is 11.5 Å². The third kappa shape index (κ3) is 3.22. The summed E-state index contributed by atoms with van der Waals surface area (Å²) >= 11 is 0. The van der Waals surface area contributed by atoms with E-state index in [4.69, 9.17) is 4.42 Å². The van der Waals surface area contributed by atoms with E-state index in [9.17, 15) is 8.42 Å². The van der Waals surface area contributed by atoms with E-state index in [1.807, 2.05) is 37.4 Å². The highest BCUT2D eigenvalue weighted by atomic mass is 32.2. The normalized spacial score (nSPS) is 20.5. The van der Waals surface area contributed by atoms with Crippen molar-refractivity contribution in [3.05, 3.63) is 41.8 Å². The molecule has 4 rings (SSSR count). The van der Waals surface area contributed by atoms with Gasteiger partial charge in [-0.15, -0.1) is 0 Å². The molecule has 0 spiro atoms. The Kier molecular flexibility index (Phi) is 4.36. The first-order valence-electron chi connectivity index (χ1n) is 8.52. The van der Waals surface area contributed by atoms with Gasteiger partial charge in [0, 0.05) is 44.7 Å². The number of piperazine rings is 1. The van der Waals surface area contributed by atoms with Gasteiger partial charge in [0.2, 0.25) is 5.89 Å². The summed E-state index contributed by atoms with van der Waals surface area (Å²) in [4.78, 5) is 6.69. The maximum absolute atomic E-state index is 12.9. The van der Waals surface area contributed by atoms with Crippen LogP contribution >= 0.6 is 0 Å². The molecule has 3 heterocycles. The second-order valence-corrected chi connectivity index (χ2v) is 8.48. The minimum atomic E-state index is -3.45. The summed E-state index contributed by atoms with van der Waals surface area (Å²) < 4.78 is 34.8. The van der Waals surface area contributed by atoms with Crippen LogP contribution in [0.5, 0.6) is 0 Å². The van der Waals surface area contributed by atoms with Gasteiger partial charge in [-0.3, -0.25) is 0 Å². The number of rotatable bonds is 3. The number of benzene rings is 1. The number of hydrogen-bond donors (Lipinski definition) is 0. The Bertz CT molecular complexity index is 842. The van der Waals surface area contributed by atoms with E-state index in [2.05, 4.69) is 9.88 Å². The summed E-state index contributed by atoms with van der Waals surface area (Å²) in [6.45, 7) is 3.32. The molecule has 0 aliphatic carbocycles. The fourth-order valence-electron chi connectivity index (χ4n) is 3.26. The first-order valence-corrected chi connectivity index (χ1v) is 9.91. The molecule has 2 aromatic rings. The molecule has 25 heavy (non-hydrogen) atoms. The molecule has 1 aromatic heterocycles. The molecule has 0 bridgehead atoms. The number of likely N-dealkylation sites (N-methyl/N-ethyl adjacent to an activating group) is 1. The highest BCUT2D eigenvalue weighted by Gasteiger charge is 2.35. The van der Waals surface area contributed by atoms with Gasteiger partial charge >= 0.3 is 0 Å². The predicted octanol–water partition coefficient (Wildman–Crippen LogP) is 1.19. The summed E-state index contributed by atoms with van der Waals surface area (Å²) in [7, 11) is -1.44. The lowest BCUT2D eigenvalue weighted by Crippen LogP contribution is -2.52. The first-order chi connectivity index (χ1) is 12.0. The standard InChI is InChI=1S/C17H22N4O3S/c1-19-9-11-20(12-10-19)25(22,23)21-8-7-16-15(13-21)18-17(24-16)14-5-3-2-4-6-14/h2-6H,7-13H2,1H3. The molecule has 1 aromatic carbocycles. The van der Waals surface area contributed by atoms with Gasteiger partial charge in [-0.05, 0) is 19.2 Å². The molecule has 0 saturated carbocycles. The van der Waals surface area contributed by atoms with E-state index >= 15 is 0 Å². The maximum Gasteiger partial charge on any atom is 0.282 e. The molecule has 0 atom stereocenters. The summed E-state index contributed by atoms with van der Waals surface area (Å²) in [5, 5.41) is 0. The molecular weight excluding hydrogens is 340 g/mol. The van der Waals surface area contributed by atoms with E-state index in [1.165, 1.54) is 4.31 Å². The zero-order valence-corrected chi connectivity index (χ0v) is 15.1. The van der Waals surface area contributed by atoms with Crippen LogP contribution in [0.15, 0.2) is 34.7 Å². The van der Waals surface area contributed by atoms with Crippen LogP contribution in [0.4, 0.5) is 0 Å². The molecular formula is C17H22N4O3S. The lowest BCUT2D eigenvalue weighted by Gasteiger charge is -2.35. The minimum absolute atomic E-state index is 0.278. The molecule has 2 aliphatic rings. The van der Waals surface area contributed by atoms with Crippen LogP contribution in [0, 0.1) is 0 Å². The number of hydrogen-bond acceptors (Lipinski definition) is 5. The smallest absolute Gasteiger partial charge is 0.282 e. The van der Waals surface area contributed by atoms with Gasteiger partial charge < -0.3 is 9.32 Å². The molecule has 0 amide bonds. The molecule has 8 heteroatoms. The zero-order chi connectivity index (χ0) is 17.4. The molecule has 1 saturated heterocycles. The third-order valence-corrected chi connectivity index (χ3v) is 6.81. The highest BCUT2D eigenvalue weighted by molar-refractivity contribution is 7.86. The quantitative estimate of drug-likeness (QED) is 0.820. The second-order valence-electron chi connectivity index (χ2n) is 6.55. The lowest BCUT2D eigenvalue weighted by atomic mass is 10.2. The summed E-state index contributed by atoms with van der Waals surface area (Å²) in [6.07, 6.45) is 0.558. The van der Waals surface area contributed by atoms with Crippen LogP contribution in [0.2, 0.25) is 0 Å². The maximum atomic E-state index is 12.9. The van der Waals surface area contributed by atoms with Crippen molar-refractivity contribution in [2.24, 2.45) is 0 Å². The number of oxazole rings is 1. The van der Waals surface area contributed by atoms with Crippen molar-refractivity contribution >= 4 is 10.2 Å². The molecule has 7 nitrogen and oxygen atoms in total. The minimum Gasteiger partial charge on any atom is -0.441 e. The van der Waals surface area contributed by atoms with E-state index in [-0.39, 0.29) is 6.54 Å². The topological polar surface area (TPSA) is 69.9 Å². The average molecular weight is 362 g/mol. The molecule has 1 fully saturated rings. The van der Waals surface area contributed by atoms with Gasteiger partial charge in [0.1, 0.15) is 5.76 Å². The molecule has 0 N–H and O–H groups in total. The van der Waals surface area contributed by atoms with Crippen molar-refractivity contribution in [2.75, 3.05) is 39.8 Å². The second kappa shape index (κ2) is 6.53. The van der Waals surface area contributed by atoms with Crippen LogP contribution in [-0.4, -0.2) is 66.7 Å². The van der Waals surface area contributed by atoms with E-state index in [1.54, 1.807) is 4.31 Å². The molecule has 0 unspecified atom stereocenters. The predicted molar refractivity (Wildman–Crippen MR) is 94.0 cm³/mol. The van der Waals surface area contributed by atoms with Crippen molar-refractivity contribution in [1.29, 1.82) is 0 Å². The average Bonchev–Trinajstić information content (AvgIpc) is 3.06. The molecule has 0 radical (unpaired) electrons. The Morgan fingerprint density at radius 3 is 2.44 bits per heavy atom. The van der Waals surface area contributed by atoms with E-state index in [0.717, 1.165) is 30.1 Å². The van der Waals surface area contributed by atoms with E-state index < -0.39 is 10.2 Å². The Morgan fingerprint density at radius 1 is 1.00 bits per heavy atom. The van der Waals surface area contributed by atoms with Crippen molar-refractivity contribution < 1.29 is 12.8 Å². The van der Waals surface area contributed by atoms with Crippen LogP contribution < -0.4 is 0 Å². The van der Waals surface area contributed by atoms with Crippen LogP contribution in [0.3, 0.4) is 0 Å². The Balaban J connectivity index is 1.54. The van der Waals surface area contributed by atoms with Crippen LogP contribution in [0.25, 0.3) is 11.5 Å². The van der Waals surface area contributed by atoms with Gasteiger partial charge in [0.05, 0.1) is 12.2 Å². The van der Waals surface area contributed by atoms with Crippen molar-refractivity contribution in [3.8, 4) is 11.5 Å². The number of fused-ring (bicyclic) bond motifs is 1. The summed E-state index contributed by atoms with van der Waals surface area (Å²) in [5.41, 5.74) is 1.63. The molecule has 2 aliphatic heterocycles. The van der Waals surface area contributed by atoms with Crippen LogP contribution in [-0.2, 0) is 23.2 Å². The SMILES string of the molecule is CN1CCN(S(=O)(=O)N2CCc3oc(-c4ccccc4)nc3C2)CC1. The zero-order valence-electron chi connectivity index (χ0n) is 14.3. The van der Waals surface area contributed by atoms with Crippen molar-refractivity contribution in [1.82, 2.24) is 18.5 Å². The lowest BCUT2D eigenvalue weighted by molar-refractivity contribution is 0.208. The highest BCUT2D eigenvalue weighted by Crippen LogP contribution is 2.28. The molecule has 134 valence electrons. The largest absolute Gasteiger partial charge is 0.441 e. The fourth-order valence-corrected chi connectivity index (χ4v) is 4.82. The monoisotopic (exact) mass is 362 g/mol. The Hall–Kier alpha value is -1.74. The van der Waals surface area contributed by atoms with Gasteiger partial charge in [0.25, 0.3) is 10.2 Å². The Morgan fingerprint density at radius 2 is 1.72 bits per heavy atom. The van der Waals surface area contributed by atoms with Gasteiger partial charge in [0.15, 0.2) is 0 Å². The Labute approximate surface area is 148 Å². The van der Waals surface area contributed by atoms with Gasteiger partial charge in [-0.25, -0.2) is 4.98 Å². The number of aromatic nitrogens is 1. The van der Waals surface area contributed by atoms with Crippen molar-refractivity contribution in [3.63, 3.8) is 0 Å². The van der Waals surface area contributed by atoms with Gasteiger partial charge in [-0.1, -0.05) is 18.2 Å². The third-order valence-electron chi connectivity index (χ3n) is 4.83. The van der Waals surface area contributed by atoms with Gasteiger partial charge in [-0.2, -0.15) is 17.0 Å². The summed E-state index contributed by atoms with van der Waals surface area (Å²) in [5.74, 6) is 1.35. The number of nitrogens with zero attached hydrogens (tertiary/aromatic N) is 4.